The molecular formula is C62H42N2O. The highest BCUT2D eigenvalue weighted by molar-refractivity contribution is 6.15. The minimum atomic E-state index is -0.659. The van der Waals surface area contributed by atoms with Crippen molar-refractivity contribution in [1.29, 1.82) is 0 Å². The van der Waals surface area contributed by atoms with Crippen LogP contribution in [0.1, 0.15) is 15.1 Å². The Morgan fingerprint density at radius 2 is 1.05 bits per heavy atom. The van der Waals surface area contributed by atoms with Gasteiger partial charge >= 0.3 is 0 Å². The molecule has 3 heteroatoms. The van der Waals surface area contributed by atoms with Gasteiger partial charge in [-0.05, 0) is 134 Å². The van der Waals surface area contributed by atoms with Gasteiger partial charge in [-0.3, -0.25) is 0 Å². The third kappa shape index (κ3) is 7.25. The van der Waals surface area contributed by atoms with Crippen LogP contribution in [-0.2, 0) is 0 Å². The van der Waals surface area contributed by atoms with Crippen molar-refractivity contribution in [2.45, 2.75) is 0 Å². The second-order valence-electron chi connectivity index (χ2n) is 15.7. The second kappa shape index (κ2) is 16.2. The third-order valence-electron chi connectivity index (χ3n) is 11.8. The molecule has 1 heterocycles. The van der Waals surface area contributed by atoms with Gasteiger partial charge < -0.3 is 14.6 Å². The number of hydrogen-bond donors (Lipinski definition) is 1. The van der Waals surface area contributed by atoms with Crippen LogP contribution in [0.25, 0.3) is 88.0 Å². The number of benzene rings is 11. The predicted molar refractivity (Wildman–Crippen MR) is 275 cm³/mol. The highest BCUT2D eigenvalue weighted by atomic mass is 16.3. The molecule has 12 rings (SSSR count). The number of nitrogens with one attached hydrogen (secondary N) is 1. The topological polar surface area (TPSA) is 28.4 Å². The lowest BCUT2D eigenvalue weighted by molar-refractivity contribution is 0.672. The molecule has 1 N–H and O–H groups in total. The Balaban J connectivity index is 0.969. The Hall–Kier alpha value is -8.66. The second-order valence-corrected chi connectivity index (χ2v) is 15.7. The van der Waals surface area contributed by atoms with Gasteiger partial charge in [-0.2, -0.15) is 0 Å². The lowest BCUT2D eigenvalue weighted by Crippen LogP contribution is -2.09. The van der Waals surface area contributed by atoms with Crippen LogP contribution in [0.3, 0.4) is 0 Å². The quantitative estimate of drug-likeness (QED) is 0.157. The first-order valence-electron chi connectivity index (χ1n) is 26.8. The highest BCUT2D eigenvalue weighted by Crippen LogP contribution is 2.40. The Labute approximate surface area is 393 Å². The van der Waals surface area contributed by atoms with Gasteiger partial charge in [-0.1, -0.05) is 170 Å². The number of nitrogens with zero attached hydrogens (tertiary/aromatic N) is 1. The van der Waals surface area contributed by atoms with Gasteiger partial charge in [0.05, 0.1) is 15.1 Å². The molecule has 0 radical (unpaired) electrons. The summed E-state index contributed by atoms with van der Waals surface area (Å²) in [4.78, 5) is 1.64. The molecule has 0 saturated heterocycles. The van der Waals surface area contributed by atoms with E-state index in [4.69, 9.17) is 12.6 Å². The Morgan fingerprint density at radius 3 is 1.85 bits per heavy atom. The normalized spacial score (nSPS) is 13.8. The molecule has 0 aliphatic carbocycles. The largest absolute Gasteiger partial charge is 0.455 e. The number of anilines is 5. The van der Waals surface area contributed by atoms with Crippen molar-refractivity contribution in [3.05, 3.63) is 248 Å². The zero-order valence-electron chi connectivity index (χ0n) is 45.7. The fourth-order valence-electron chi connectivity index (χ4n) is 8.54. The van der Waals surface area contributed by atoms with E-state index in [1.165, 1.54) is 0 Å². The summed E-state index contributed by atoms with van der Waals surface area (Å²) in [6.45, 7) is 0. The van der Waals surface area contributed by atoms with E-state index >= 15 is 0 Å². The molecule has 11 aromatic carbocycles. The number of hydrogen-bond acceptors (Lipinski definition) is 3. The number of rotatable bonds is 9. The molecule has 306 valence electrons. The first-order valence-corrected chi connectivity index (χ1v) is 21.3. The van der Waals surface area contributed by atoms with E-state index in [-0.39, 0.29) is 16.5 Å². The summed E-state index contributed by atoms with van der Waals surface area (Å²) in [5, 5.41) is 6.98. The maximum atomic E-state index is 9.63. The van der Waals surface area contributed by atoms with E-state index in [0.717, 1.165) is 77.5 Å². The van der Waals surface area contributed by atoms with E-state index in [9.17, 15) is 6.85 Å². The molecule has 65 heavy (non-hydrogen) atoms. The number of para-hydroxylation sites is 1. The average molecular weight is 842 g/mol. The number of furan rings is 1. The molecule has 0 unspecified atom stereocenters. The van der Waals surface area contributed by atoms with Crippen molar-refractivity contribution < 1.29 is 19.5 Å². The minimum absolute atomic E-state index is 0.118. The lowest BCUT2D eigenvalue weighted by atomic mass is 10.00. The van der Waals surface area contributed by atoms with Crippen molar-refractivity contribution in [1.82, 2.24) is 0 Å². The van der Waals surface area contributed by atoms with E-state index in [1.807, 2.05) is 127 Å². The van der Waals surface area contributed by atoms with Crippen molar-refractivity contribution >= 4 is 71.9 Å². The van der Waals surface area contributed by atoms with Crippen molar-refractivity contribution in [2.24, 2.45) is 0 Å². The van der Waals surface area contributed by atoms with E-state index < -0.39 is 77.6 Å². The van der Waals surface area contributed by atoms with Gasteiger partial charge in [0.2, 0.25) is 0 Å². The van der Waals surface area contributed by atoms with Gasteiger partial charge in [-0.15, -0.1) is 0 Å². The average Bonchev–Trinajstić information content (AvgIpc) is 3.84. The van der Waals surface area contributed by atoms with Gasteiger partial charge in [-0.25, -0.2) is 0 Å². The van der Waals surface area contributed by atoms with E-state index in [0.29, 0.717) is 11.4 Å². The van der Waals surface area contributed by atoms with Crippen LogP contribution >= 0.6 is 0 Å². The van der Waals surface area contributed by atoms with Crippen LogP contribution in [0.5, 0.6) is 0 Å². The van der Waals surface area contributed by atoms with Crippen LogP contribution < -0.4 is 10.2 Å². The molecule has 12 aromatic rings. The zero-order chi connectivity index (χ0) is 52.7. The van der Waals surface area contributed by atoms with Gasteiger partial charge in [0.1, 0.15) is 11.2 Å². The smallest absolute Gasteiger partial charge is 0.143 e. The summed E-state index contributed by atoms with van der Waals surface area (Å²) in [5.41, 5.74) is 9.14. The molecular weight excluding hydrogens is 789 g/mol. The highest BCUT2D eigenvalue weighted by Gasteiger charge is 2.16. The van der Waals surface area contributed by atoms with Gasteiger partial charge in [0, 0.05) is 50.2 Å². The zero-order valence-corrected chi connectivity index (χ0v) is 34.7. The van der Waals surface area contributed by atoms with Gasteiger partial charge in [0.15, 0.2) is 0 Å². The maximum Gasteiger partial charge on any atom is 0.143 e. The van der Waals surface area contributed by atoms with E-state index in [2.05, 4.69) is 59.9 Å². The molecule has 0 fully saturated rings. The number of fused-ring (bicyclic) bond motifs is 6. The molecule has 0 atom stereocenters. The summed E-state index contributed by atoms with van der Waals surface area (Å²) in [6, 6.07) is 53.2. The monoisotopic (exact) mass is 841 g/mol. The first-order chi connectivity index (χ1) is 36.8. The summed E-state index contributed by atoms with van der Waals surface area (Å²) < 4.78 is 105. The molecule has 0 aliphatic rings. The van der Waals surface area contributed by atoms with Crippen LogP contribution in [0.2, 0.25) is 0 Å². The Kier molecular flexibility index (Phi) is 7.02. The summed E-state index contributed by atoms with van der Waals surface area (Å²) in [6.07, 6.45) is 0. The molecule has 0 saturated carbocycles. The predicted octanol–water partition coefficient (Wildman–Crippen LogP) is 17.8. The minimum Gasteiger partial charge on any atom is -0.455 e. The Morgan fingerprint density at radius 1 is 0.385 bits per heavy atom. The first kappa shape index (κ1) is 28.1. The summed E-state index contributed by atoms with van der Waals surface area (Å²) in [5.74, 6) is 0. The Bertz CT molecular complexity index is 4300. The van der Waals surface area contributed by atoms with Gasteiger partial charge in [0.25, 0.3) is 0 Å². The molecule has 0 spiro atoms. The molecule has 3 nitrogen and oxygen atoms in total. The molecule has 0 bridgehead atoms. The van der Waals surface area contributed by atoms with Crippen LogP contribution in [-0.4, -0.2) is 0 Å². The molecule has 1 aromatic heterocycles. The van der Waals surface area contributed by atoms with Crippen LogP contribution in [0.4, 0.5) is 28.4 Å². The fourth-order valence-corrected chi connectivity index (χ4v) is 8.54. The van der Waals surface area contributed by atoms with Crippen LogP contribution in [0.15, 0.2) is 253 Å². The maximum absolute atomic E-state index is 9.63. The lowest BCUT2D eigenvalue weighted by Gasteiger charge is -2.26. The standard InChI is InChI=1S/C62H42N2O/c1-2-12-46(13-3-1)56-18-8-9-20-60(56)63-52-17-10-16-49(40-52)43-23-31-53(32-24-43)64(54-33-25-44(26-34-54)50-22-21-42-11-4-5-15-48(42)39-50)55-35-27-45(28-36-55)51-30-38-61-59(41-51)58-37-29-47-14-6-7-19-57(47)62(58)65-61/h1-41,63H/i4D,5D,11D,15D,21D,22D,25D,26D,33D,34D,39D. The molecule has 0 aliphatic heterocycles. The van der Waals surface area contributed by atoms with Crippen LogP contribution in [0, 0.1) is 0 Å². The van der Waals surface area contributed by atoms with Crippen molar-refractivity contribution in [3.63, 3.8) is 0 Å². The summed E-state index contributed by atoms with van der Waals surface area (Å²) in [7, 11) is 0. The third-order valence-corrected chi connectivity index (χ3v) is 11.8. The van der Waals surface area contributed by atoms with E-state index in [1.54, 1.807) is 4.90 Å². The van der Waals surface area contributed by atoms with Crippen molar-refractivity contribution in [3.8, 4) is 44.5 Å². The SMILES string of the molecule is [2H]c1c([2H])c(N(c2ccc(-c3cccc(Nc4ccccc4-c4ccccc4)c3)cc2)c2ccc(-c3ccc4oc5c6ccccc6ccc5c4c3)cc2)c([2H])c([2H])c1-c1c([2H])c([2H])c2c([2H])c([2H])c([2H])c([2H])c2c1[2H]. The summed E-state index contributed by atoms with van der Waals surface area (Å²) >= 11 is 0. The fraction of sp³-hybridized carbons (Fsp3) is 0. The molecule has 0 amide bonds. The van der Waals surface area contributed by atoms with Crippen molar-refractivity contribution in [2.75, 3.05) is 10.2 Å².